The van der Waals surface area contributed by atoms with Gasteiger partial charge in [-0.1, -0.05) is 30.2 Å². The summed E-state index contributed by atoms with van der Waals surface area (Å²) in [6, 6.07) is 7.73. The molecule has 0 N–H and O–H groups in total. The summed E-state index contributed by atoms with van der Waals surface area (Å²) in [5.41, 5.74) is -1.33. The van der Waals surface area contributed by atoms with E-state index in [4.69, 9.17) is 21.1 Å². The first-order valence-corrected chi connectivity index (χ1v) is 12.4. The summed E-state index contributed by atoms with van der Waals surface area (Å²) in [5, 5.41) is 3.61. The molecule has 1 aromatic carbocycles. The monoisotopic (exact) mass is 522 g/mol. The fraction of sp³-hybridized carbons (Fsp3) is 0.480. The quantitative estimate of drug-likeness (QED) is 0.412. The molecule has 2 aromatic heterocycles. The van der Waals surface area contributed by atoms with Crippen molar-refractivity contribution in [3.8, 4) is 17.0 Å². The van der Waals surface area contributed by atoms with Gasteiger partial charge in [0, 0.05) is 17.5 Å². The van der Waals surface area contributed by atoms with Crippen LogP contribution in [0.15, 0.2) is 30.3 Å². The second-order valence-electron chi connectivity index (χ2n) is 9.25. The molecule has 0 amide bonds. The van der Waals surface area contributed by atoms with E-state index in [9.17, 15) is 18.0 Å². The zero-order valence-corrected chi connectivity index (χ0v) is 20.5. The molecular formula is C25H26ClF3N4O3. The SMILES string of the molecule is COc1cccc(-c2cc(C(F)(F)F)n3nc(C(=O)OCC4CCCN5CCCCC45)c(Cl)c3n2)c1. The van der Waals surface area contributed by atoms with Gasteiger partial charge in [-0.15, -0.1) is 0 Å². The number of aromatic nitrogens is 3. The summed E-state index contributed by atoms with van der Waals surface area (Å²) in [6.07, 6.45) is 0.579. The molecule has 5 rings (SSSR count). The predicted octanol–water partition coefficient (Wildman–Crippen LogP) is 5.50. The molecule has 2 fully saturated rings. The van der Waals surface area contributed by atoms with E-state index >= 15 is 0 Å². The number of carbonyl (C=O) groups excluding carboxylic acids is 1. The van der Waals surface area contributed by atoms with Crippen LogP contribution < -0.4 is 4.74 Å². The summed E-state index contributed by atoms with van der Waals surface area (Å²) >= 11 is 6.38. The van der Waals surface area contributed by atoms with Gasteiger partial charge in [0.15, 0.2) is 17.0 Å². The van der Waals surface area contributed by atoms with E-state index in [1.165, 1.54) is 13.5 Å². The zero-order chi connectivity index (χ0) is 25.4. The summed E-state index contributed by atoms with van der Waals surface area (Å²) in [6.45, 7) is 2.28. The summed E-state index contributed by atoms with van der Waals surface area (Å²) < 4.78 is 53.2. The van der Waals surface area contributed by atoms with Crippen LogP contribution in [0.2, 0.25) is 5.02 Å². The predicted molar refractivity (Wildman–Crippen MR) is 127 cm³/mol. The number of benzene rings is 1. The molecule has 2 atom stereocenters. The van der Waals surface area contributed by atoms with Gasteiger partial charge >= 0.3 is 12.1 Å². The lowest BCUT2D eigenvalue weighted by atomic mass is 9.84. The molecule has 2 aliphatic rings. The van der Waals surface area contributed by atoms with Crippen LogP contribution in [0.5, 0.6) is 5.75 Å². The van der Waals surface area contributed by atoms with E-state index in [0.717, 1.165) is 44.8 Å². The fourth-order valence-corrected chi connectivity index (χ4v) is 5.51. The van der Waals surface area contributed by atoms with Gasteiger partial charge in [0.25, 0.3) is 0 Å². The van der Waals surface area contributed by atoms with Crippen molar-refractivity contribution >= 4 is 23.2 Å². The Hall–Kier alpha value is -2.85. The van der Waals surface area contributed by atoms with Crippen LogP contribution in [0.4, 0.5) is 13.2 Å². The maximum atomic E-state index is 14.0. The van der Waals surface area contributed by atoms with E-state index < -0.39 is 17.8 Å². The normalized spacial score (nSPS) is 20.8. The maximum Gasteiger partial charge on any atom is 0.433 e. The van der Waals surface area contributed by atoms with E-state index in [1.54, 1.807) is 24.3 Å². The molecule has 11 heteroatoms. The summed E-state index contributed by atoms with van der Waals surface area (Å²) in [5.74, 6) is -0.206. The molecular weight excluding hydrogens is 497 g/mol. The van der Waals surface area contributed by atoms with Gasteiger partial charge in [0.2, 0.25) is 0 Å². The number of methoxy groups -OCH3 is 1. The largest absolute Gasteiger partial charge is 0.497 e. The number of nitrogens with zero attached hydrogens (tertiary/aromatic N) is 4. The number of piperidine rings is 2. The highest BCUT2D eigenvalue weighted by atomic mass is 35.5. The lowest BCUT2D eigenvalue weighted by molar-refractivity contribution is -0.142. The lowest BCUT2D eigenvalue weighted by Gasteiger charge is -2.44. The molecule has 0 aliphatic carbocycles. The van der Waals surface area contributed by atoms with Crippen molar-refractivity contribution in [2.45, 2.75) is 44.3 Å². The molecule has 2 saturated heterocycles. The Labute approximate surface area is 211 Å². The standard InChI is InChI=1S/C25H26ClF3N4O3/c1-35-17-8-4-6-15(12-17)18-13-20(25(27,28)29)33-23(30-18)21(26)22(31-33)24(34)36-14-16-7-5-11-32-10-3-2-9-19(16)32/h4,6,8,12-13,16,19H,2-3,5,7,9-11,14H2,1H3. The number of hydrogen-bond acceptors (Lipinski definition) is 6. The van der Waals surface area contributed by atoms with Crippen LogP contribution >= 0.6 is 11.6 Å². The topological polar surface area (TPSA) is 69.0 Å². The van der Waals surface area contributed by atoms with Crippen molar-refractivity contribution in [1.82, 2.24) is 19.5 Å². The fourth-order valence-electron chi connectivity index (χ4n) is 5.28. The van der Waals surface area contributed by atoms with Gasteiger partial charge in [-0.25, -0.2) is 14.3 Å². The highest BCUT2D eigenvalue weighted by Crippen LogP contribution is 2.36. The number of carbonyl (C=O) groups is 1. The average Bonchev–Trinajstić information content (AvgIpc) is 3.22. The minimum Gasteiger partial charge on any atom is -0.497 e. The number of ether oxygens (including phenoxy) is 2. The Morgan fingerprint density at radius 3 is 2.75 bits per heavy atom. The van der Waals surface area contributed by atoms with Crippen molar-refractivity contribution in [1.29, 1.82) is 0 Å². The van der Waals surface area contributed by atoms with E-state index in [1.807, 2.05) is 0 Å². The zero-order valence-electron chi connectivity index (χ0n) is 19.7. The first-order valence-electron chi connectivity index (χ1n) is 12.0. The van der Waals surface area contributed by atoms with E-state index in [0.29, 0.717) is 21.9 Å². The third-order valence-corrected chi connectivity index (χ3v) is 7.39. The van der Waals surface area contributed by atoms with Crippen LogP contribution in [-0.4, -0.2) is 58.3 Å². The Kier molecular flexibility index (Phi) is 6.82. The van der Waals surface area contributed by atoms with Crippen LogP contribution in [-0.2, 0) is 10.9 Å². The van der Waals surface area contributed by atoms with Crippen LogP contribution in [0.1, 0.15) is 48.3 Å². The molecule has 3 aromatic rings. The number of esters is 1. The van der Waals surface area contributed by atoms with Gasteiger partial charge in [-0.05, 0) is 57.0 Å². The van der Waals surface area contributed by atoms with E-state index in [2.05, 4.69) is 15.0 Å². The summed E-state index contributed by atoms with van der Waals surface area (Å²) in [4.78, 5) is 19.7. The number of fused-ring (bicyclic) bond motifs is 2. The van der Waals surface area contributed by atoms with E-state index in [-0.39, 0.29) is 34.6 Å². The molecule has 36 heavy (non-hydrogen) atoms. The van der Waals surface area contributed by atoms with Crippen molar-refractivity contribution in [2.75, 3.05) is 26.8 Å². The molecule has 2 aliphatic heterocycles. The first kappa shape index (κ1) is 24.8. The highest BCUT2D eigenvalue weighted by Gasteiger charge is 2.38. The average molecular weight is 523 g/mol. The van der Waals surface area contributed by atoms with Gasteiger partial charge < -0.3 is 9.47 Å². The Morgan fingerprint density at radius 2 is 1.97 bits per heavy atom. The minimum atomic E-state index is -4.77. The number of hydrogen-bond donors (Lipinski definition) is 0. The van der Waals surface area contributed by atoms with Gasteiger partial charge in [-0.3, -0.25) is 4.90 Å². The van der Waals surface area contributed by atoms with Crippen LogP contribution in [0.3, 0.4) is 0 Å². The number of alkyl halides is 3. The third kappa shape index (κ3) is 4.76. The smallest absolute Gasteiger partial charge is 0.433 e. The van der Waals surface area contributed by atoms with Crippen LogP contribution in [0, 0.1) is 5.92 Å². The molecule has 4 heterocycles. The Bertz CT molecular complexity index is 1280. The minimum absolute atomic E-state index is 0.0232. The molecule has 0 spiro atoms. The first-order chi connectivity index (χ1) is 17.3. The third-order valence-electron chi connectivity index (χ3n) is 7.04. The molecule has 0 radical (unpaired) electrons. The van der Waals surface area contributed by atoms with Gasteiger partial charge in [-0.2, -0.15) is 18.3 Å². The van der Waals surface area contributed by atoms with Crippen molar-refractivity contribution in [3.63, 3.8) is 0 Å². The summed E-state index contributed by atoms with van der Waals surface area (Å²) in [7, 11) is 1.46. The van der Waals surface area contributed by atoms with Gasteiger partial charge in [0.1, 0.15) is 10.8 Å². The maximum absolute atomic E-state index is 14.0. The number of halogens is 4. The number of rotatable bonds is 5. The Morgan fingerprint density at radius 1 is 1.17 bits per heavy atom. The molecule has 0 saturated carbocycles. The second kappa shape index (κ2) is 9.89. The van der Waals surface area contributed by atoms with Crippen molar-refractivity contribution < 1.29 is 27.4 Å². The van der Waals surface area contributed by atoms with Crippen LogP contribution in [0.25, 0.3) is 16.9 Å². The Balaban J connectivity index is 1.46. The van der Waals surface area contributed by atoms with Gasteiger partial charge in [0.05, 0.1) is 19.4 Å². The lowest BCUT2D eigenvalue weighted by Crippen LogP contribution is -2.49. The molecule has 192 valence electrons. The molecule has 0 bridgehead atoms. The molecule has 2 unspecified atom stereocenters. The second-order valence-corrected chi connectivity index (χ2v) is 9.63. The highest BCUT2D eigenvalue weighted by molar-refractivity contribution is 6.36. The molecule has 7 nitrogen and oxygen atoms in total. The van der Waals surface area contributed by atoms with Crippen molar-refractivity contribution in [2.24, 2.45) is 5.92 Å². The van der Waals surface area contributed by atoms with Crippen molar-refractivity contribution in [3.05, 3.63) is 46.7 Å².